The molecule has 174 valence electrons. The number of fused-ring (bicyclic) bond motifs is 4. The van der Waals surface area contributed by atoms with Crippen molar-refractivity contribution in [2.45, 2.75) is 32.7 Å². The lowest BCUT2D eigenvalue weighted by atomic mass is 10.1. The van der Waals surface area contributed by atoms with Gasteiger partial charge in [0.15, 0.2) is 5.65 Å². The summed E-state index contributed by atoms with van der Waals surface area (Å²) in [6.45, 7) is 4.51. The summed E-state index contributed by atoms with van der Waals surface area (Å²) >= 11 is 0. The third kappa shape index (κ3) is 4.74. The van der Waals surface area contributed by atoms with Crippen LogP contribution in [0.2, 0.25) is 0 Å². The lowest BCUT2D eigenvalue weighted by molar-refractivity contribution is -0.120. The Morgan fingerprint density at radius 1 is 1.30 bits per heavy atom. The third-order valence-corrected chi connectivity index (χ3v) is 5.57. The summed E-state index contributed by atoms with van der Waals surface area (Å²) in [7, 11) is 0. The Hall–Kier alpha value is -3.69. The van der Waals surface area contributed by atoms with Crippen LogP contribution in [-0.4, -0.2) is 64.3 Å². The van der Waals surface area contributed by atoms with Gasteiger partial charge in [-0.15, -0.1) is 0 Å². The van der Waals surface area contributed by atoms with Crippen LogP contribution >= 0.6 is 0 Å². The van der Waals surface area contributed by atoms with Crippen LogP contribution in [0, 0.1) is 5.82 Å². The van der Waals surface area contributed by atoms with Gasteiger partial charge in [0.1, 0.15) is 12.4 Å². The highest BCUT2D eigenvalue weighted by Gasteiger charge is 2.24. The van der Waals surface area contributed by atoms with E-state index in [1.165, 1.54) is 17.0 Å². The van der Waals surface area contributed by atoms with Gasteiger partial charge in [-0.2, -0.15) is 10.1 Å². The number of carbonyl (C=O) groups excluding carboxylic acids is 2. The summed E-state index contributed by atoms with van der Waals surface area (Å²) < 4.78 is 27.4. The smallest absolute Gasteiger partial charge is 0.414 e. The van der Waals surface area contributed by atoms with Gasteiger partial charge in [-0.1, -0.05) is 13.3 Å². The second-order valence-electron chi connectivity index (χ2n) is 7.74. The fourth-order valence-corrected chi connectivity index (χ4v) is 3.95. The van der Waals surface area contributed by atoms with Gasteiger partial charge < -0.3 is 14.4 Å². The predicted octanol–water partition coefficient (Wildman–Crippen LogP) is 3.52. The molecule has 0 saturated carbocycles. The topological polar surface area (TPSA) is 89.3 Å². The first-order chi connectivity index (χ1) is 16.0. The minimum absolute atomic E-state index is 0.133. The number of benzene rings is 1. The zero-order valence-electron chi connectivity index (χ0n) is 18.6. The maximum atomic E-state index is 14.7. The summed E-state index contributed by atoms with van der Waals surface area (Å²) in [4.78, 5) is 32.2. The van der Waals surface area contributed by atoms with Gasteiger partial charge in [0.25, 0.3) is 0 Å². The van der Waals surface area contributed by atoms with Crippen LogP contribution in [-0.2, 0) is 9.53 Å². The molecule has 4 bridgehead atoms. The second kappa shape index (κ2) is 9.85. The Morgan fingerprint density at radius 2 is 2.15 bits per heavy atom. The molecular formula is C23H26FN5O4. The summed E-state index contributed by atoms with van der Waals surface area (Å²) in [5.41, 5.74) is 1.92. The first-order valence-corrected chi connectivity index (χ1v) is 11.0. The monoisotopic (exact) mass is 455 g/mol. The van der Waals surface area contributed by atoms with Crippen molar-refractivity contribution < 1.29 is 23.5 Å². The standard InChI is InChI=1S/C23H26FN5O4/c1-3-5-18-14-33-21-6-7-29-22(26-21)20(13-25-29)16-10-17(24)12-19(11-16)28(23(31)32-4-2)9-8-27(18)15-30/h6-7,10-13,15,18H,3-5,8-9,14H2,1-2H3. The van der Waals surface area contributed by atoms with Crippen LogP contribution in [0.25, 0.3) is 16.8 Å². The average Bonchev–Trinajstić information content (AvgIpc) is 3.22. The van der Waals surface area contributed by atoms with E-state index in [-0.39, 0.29) is 32.3 Å². The Morgan fingerprint density at radius 3 is 2.91 bits per heavy atom. The van der Waals surface area contributed by atoms with Crippen molar-refractivity contribution in [2.24, 2.45) is 0 Å². The number of carbonyl (C=O) groups is 2. The van der Waals surface area contributed by atoms with Crippen LogP contribution in [0.3, 0.4) is 0 Å². The van der Waals surface area contributed by atoms with Crippen molar-refractivity contribution in [1.29, 1.82) is 0 Å². The van der Waals surface area contributed by atoms with E-state index in [2.05, 4.69) is 10.1 Å². The average molecular weight is 455 g/mol. The van der Waals surface area contributed by atoms with Crippen molar-refractivity contribution in [1.82, 2.24) is 19.5 Å². The van der Waals surface area contributed by atoms with Crippen molar-refractivity contribution in [2.75, 3.05) is 31.2 Å². The maximum Gasteiger partial charge on any atom is 0.414 e. The molecule has 1 unspecified atom stereocenters. The molecule has 1 aliphatic rings. The molecule has 9 nitrogen and oxygen atoms in total. The third-order valence-electron chi connectivity index (χ3n) is 5.57. The summed E-state index contributed by atoms with van der Waals surface area (Å²) in [6, 6.07) is 5.80. The number of anilines is 1. The van der Waals surface area contributed by atoms with E-state index < -0.39 is 11.9 Å². The molecule has 0 spiro atoms. The minimum Gasteiger partial charge on any atom is -0.475 e. The van der Waals surface area contributed by atoms with Gasteiger partial charge in [-0.3, -0.25) is 9.69 Å². The molecule has 0 saturated heterocycles. The predicted molar refractivity (Wildman–Crippen MR) is 120 cm³/mol. The molecular weight excluding hydrogens is 429 g/mol. The molecule has 2 aromatic heterocycles. The van der Waals surface area contributed by atoms with E-state index in [4.69, 9.17) is 9.47 Å². The van der Waals surface area contributed by atoms with Gasteiger partial charge in [0.2, 0.25) is 12.3 Å². The molecule has 3 heterocycles. The zero-order valence-corrected chi connectivity index (χ0v) is 18.6. The molecule has 33 heavy (non-hydrogen) atoms. The molecule has 1 aliphatic heterocycles. The number of amides is 2. The van der Waals surface area contributed by atoms with Crippen LogP contribution in [0.4, 0.5) is 14.9 Å². The lowest BCUT2D eigenvalue weighted by Gasteiger charge is -2.31. The molecule has 0 fully saturated rings. The Kier molecular flexibility index (Phi) is 6.71. The number of hydrogen-bond acceptors (Lipinski definition) is 6. The number of ether oxygens (including phenoxy) is 2. The molecule has 2 amide bonds. The Labute approximate surface area is 190 Å². The van der Waals surface area contributed by atoms with Crippen LogP contribution in [0.1, 0.15) is 26.7 Å². The Balaban J connectivity index is 1.86. The van der Waals surface area contributed by atoms with Gasteiger partial charge >= 0.3 is 6.09 Å². The normalized spacial score (nSPS) is 16.4. The summed E-state index contributed by atoms with van der Waals surface area (Å²) in [6.07, 6.45) is 5.00. The highest BCUT2D eigenvalue weighted by Crippen LogP contribution is 2.30. The summed E-state index contributed by atoms with van der Waals surface area (Å²) in [5.74, 6) is -0.134. The number of aromatic nitrogens is 3. The molecule has 0 N–H and O–H groups in total. The number of halogens is 1. The van der Waals surface area contributed by atoms with Crippen molar-refractivity contribution in [3.63, 3.8) is 0 Å². The van der Waals surface area contributed by atoms with Crippen molar-refractivity contribution in [3.8, 4) is 17.0 Å². The van der Waals surface area contributed by atoms with Crippen molar-refractivity contribution >= 4 is 23.8 Å². The highest BCUT2D eigenvalue weighted by molar-refractivity contribution is 5.89. The van der Waals surface area contributed by atoms with Gasteiger partial charge in [0.05, 0.1) is 24.5 Å². The van der Waals surface area contributed by atoms with Crippen LogP contribution < -0.4 is 9.64 Å². The van der Waals surface area contributed by atoms with Gasteiger partial charge in [0, 0.05) is 30.9 Å². The van der Waals surface area contributed by atoms with E-state index in [1.807, 2.05) is 6.92 Å². The fourth-order valence-electron chi connectivity index (χ4n) is 3.95. The van der Waals surface area contributed by atoms with E-state index in [9.17, 15) is 14.0 Å². The number of nitrogens with zero attached hydrogens (tertiary/aromatic N) is 5. The molecule has 3 aromatic rings. The SMILES string of the molecule is CCCC1COc2ccn3ncc(c3n2)-c2cc(F)cc(c2)N(C(=O)OCC)CCN1C=O. The lowest BCUT2D eigenvalue weighted by Crippen LogP contribution is -2.45. The molecule has 1 aromatic carbocycles. The number of rotatable bonds is 4. The zero-order chi connectivity index (χ0) is 23.4. The Bertz CT molecular complexity index is 1150. The van der Waals surface area contributed by atoms with Gasteiger partial charge in [-0.05, 0) is 37.1 Å². The minimum atomic E-state index is -0.615. The molecule has 4 rings (SSSR count). The fraction of sp³-hybridized carbons (Fsp3) is 0.391. The largest absolute Gasteiger partial charge is 0.475 e. The first kappa shape index (κ1) is 22.5. The molecule has 1 atom stereocenters. The van der Waals surface area contributed by atoms with E-state index >= 15 is 0 Å². The molecule has 0 radical (unpaired) electrons. The quantitative estimate of drug-likeness (QED) is 0.560. The number of hydrogen-bond donors (Lipinski definition) is 0. The maximum absolute atomic E-state index is 14.7. The molecule has 0 aliphatic carbocycles. The molecule has 10 heteroatoms. The van der Waals surface area contributed by atoms with Crippen LogP contribution in [0.5, 0.6) is 5.88 Å². The van der Waals surface area contributed by atoms with Crippen LogP contribution in [0.15, 0.2) is 36.7 Å². The summed E-state index contributed by atoms with van der Waals surface area (Å²) in [5, 5.41) is 4.30. The second-order valence-corrected chi connectivity index (χ2v) is 7.74. The van der Waals surface area contributed by atoms with Gasteiger partial charge in [-0.25, -0.2) is 13.7 Å². The van der Waals surface area contributed by atoms with Crippen molar-refractivity contribution in [3.05, 3.63) is 42.5 Å². The van der Waals surface area contributed by atoms with E-state index in [0.29, 0.717) is 34.8 Å². The first-order valence-electron chi connectivity index (χ1n) is 11.0. The van der Waals surface area contributed by atoms with E-state index in [0.717, 1.165) is 12.8 Å². The highest BCUT2D eigenvalue weighted by atomic mass is 19.1. The van der Waals surface area contributed by atoms with E-state index in [1.54, 1.807) is 40.9 Å².